The van der Waals surface area contributed by atoms with Crippen LogP contribution in [0.1, 0.15) is 42.2 Å². The normalized spacial score (nSPS) is 14.7. The second-order valence-corrected chi connectivity index (χ2v) is 7.45. The number of carbonyl (C=O) groups excluding carboxylic acids is 1. The minimum absolute atomic E-state index is 0.281. The predicted molar refractivity (Wildman–Crippen MR) is 108 cm³/mol. The van der Waals surface area contributed by atoms with Gasteiger partial charge in [-0.25, -0.2) is 14.4 Å². The molecule has 0 atom stereocenters. The fourth-order valence-corrected chi connectivity index (χ4v) is 4.23. The number of hydrogen-bond donors (Lipinski definition) is 1. The molecule has 0 spiro atoms. The van der Waals surface area contributed by atoms with Crippen molar-refractivity contribution in [3.63, 3.8) is 0 Å². The third kappa shape index (κ3) is 2.99. The predicted octanol–water partition coefficient (Wildman–Crippen LogP) is 4.22. The molecule has 146 valence electrons. The Morgan fingerprint density at radius 3 is 2.48 bits per heavy atom. The highest BCUT2D eigenvalue weighted by Crippen LogP contribution is 2.38. The minimum atomic E-state index is -0.530. The van der Waals surface area contributed by atoms with Crippen molar-refractivity contribution in [1.29, 1.82) is 0 Å². The van der Waals surface area contributed by atoms with Crippen LogP contribution in [0, 0.1) is 5.82 Å². The highest BCUT2D eigenvalue weighted by molar-refractivity contribution is 5.92. The Morgan fingerprint density at radius 1 is 1.03 bits per heavy atom. The summed E-state index contributed by atoms with van der Waals surface area (Å²) < 4.78 is 17.4. The summed E-state index contributed by atoms with van der Waals surface area (Å²) in [6.45, 7) is 0. The van der Waals surface area contributed by atoms with Crippen molar-refractivity contribution in [3.05, 3.63) is 66.6 Å². The SMILES string of the molecule is NC(=O)c1cnc2ccc(-c3c(-c4ccc(F)cc4)ncn3C3CCCC3)cn12. The Hall–Kier alpha value is -3.48. The number of primary amides is 1. The summed E-state index contributed by atoms with van der Waals surface area (Å²) in [5.41, 5.74) is 9.98. The lowest BCUT2D eigenvalue weighted by Gasteiger charge is -2.17. The van der Waals surface area contributed by atoms with Crippen LogP contribution in [0.4, 0.5) is 4.39 Å². The van der Waals surface area contributed by atoms with Crippen LogP contribution in [-0.4, -0.2) is 24.8 Å². The number of hydrogen-bond acceptors (Lipinski definition) is 3. The van der Waals surface area contributed by atoms with Gasteiger partial charge in [0.15, 0.2) is 0 Å². The number of nitrogens with two attached hydrogens (primary N) is 1. The highest BCUT2D eigenvalue weighted by Gasteiger charge is 2.24. The van der Waals surface area contributed by atoms with Gasteiger partial charge < -0.3 is 10.3 Å². The molecule has 4 aromatic rings. The van der Waals surface area contributed by atoms with Crippen LogP contribution in [0.2, 0.25) is 0 Å². The summed E-state index contributed by atoms with van der Waals surface area (Å²) >= 11 is 0. The van der Waals surface area contributed by atoms with E-state index in [0.29, 0.717) is 17.4 Å². The van der Waals surface area contributed by atoms with E-state index in [1.807, 2.05) is 24.7 Å². The Bertz CT molecular complexity index is 1200. The number of aromatic nitrogens is 4. The van der Waals surface area contributed by atoms with Crippen molar-refractivity contribution in [2.24, 2.45) is 5.73 Å². The molecule has 7 heteroatoms. The molecule has 6 nitrogen and oxygen atoms in total. The number of benzene rings is 1. The van der Waals surface area contributed by atoms with Crippen molar-refractivity contribution in [2.45, 2.75) is 31.7 Å². The van der Waals surface area contributed by atoms with Crippen LogP contribution >= 0.6 is 0 Å². The van der Waals surface area contributed by atoms with Crippen LogP contribution in [0.25, 0.3) is 28.2 Å². The minimum Gasteiger partial charge on any atom is -0.364 e. The number of halogens is 1. The number of fused-ring (bicyclic) bond motifs is 1. The van der Waals surface area contributed by atoms with E-state index in [2.05, 4.69) is 14.5 Å². The summed E-state index contributed by atoms with van der Waals surface area (Å²) in [7, 11) is 0. The van der Waals surface area contributed by atoms with Gasteiger partial charge in [0.1, 0.15) is 17.2 Å². The number of carbonyl (C=O) groups is 1. The molecule has 5 rings (SSSR count). The molecule has 0 aliphatic heterocycles. The highest BCUT2D eigenvalue weighted by atomic mass is 19.1. The molecule has 1 aromatic carbocycles. The second-order valence-electron chi connectivity index (χ2n) is 7.45. The zero-order chi connectivity index (χ0) is 20.0. The van der Waals surface area contributed by atoms with Crippen molar-refractivity contribution >= 4 is 11.6 Å². The first-order valence-corrected chi connectivity index (χ1v) is 9.72. The topological polar surface area (TPSA) is 78.2 Å². The summed E-state index contributed by atoms with van der Waals surface area (Å²) in [4.78, 5) is 20.7. The lowest BCUT2D eigenvalue weighted by atomic mass is 10.0. The van der Waals surface area contributed by atoms with E-state index in [4.69, 9.17) is 5.73 Å². The Balaban J connectivity index is 1.72. The number of rotatable bonds is 4. The van der Waals surface area contributed by atoms with Crippen molar-refractivity contribution in [3.8, 4) is 22.5 Å². The van der Waals surface area contributed by atoms with E-state index in [9.17, 15) is 9.18 Å². The first-order chi connectivity index (χ1) is 14.1. The van der Waals surface area contributed by atoms with Gasteiger partial charge in [0.2, 0.25) is 0 Å². The molecule has 1 aliphatic carbocycles. The summed E-state index contributed by atoms with van der Waals surface area (Å²) in [5, 5.41) is 0. The van der Waals surface area contributed by atoms with Crippen LogP contribution in [0.5, 0.6) is 0 Å². The van der Waals surface area contributed by atoms with Crippen LogP contribution in [-0.2, 0) is 0 Å². The van der Waals surface area contributed by atoms with Gasteiger partial charge in [0.25, 0.3) is 5.91 Å². The smallest absolute Gasteiger partial charge is 0.267 e. The van der Waals surface area contributed by atoms with Gasteiger partial charge in [0, 0.05) is 23.4 Å². The maximum atomic E-state index is 13.5. The number of amides is 1. The quantitative estimate of drug-likeness (QED) is 0.568. The van der Waals surface area contributed by atoms with E-state index in [-0.39, 0.29) is 5.82 Å². The molecule has 1 amide bonds. The number of pyridine rings is 1. The average Bonchev–Trinajstić information content (AvgIpc) is 3.46. The van der Waals surface area contributed by atoms with Crippen LogP contribution < -0.4 is 5.73 Å². The first kappa shape index (κ1) is 17.6. The fraction of sp³-hybridized carbons (Fsp3) is 0.227. The van der Waals surface area contributed by atoms with Crippen molar-refractivity contribution < 1.29 is 9.18 Å². The van der Waals surface area contributed by atoms with Crippen molar-refractivity contribution in [1.82, 2.24) is 18.9 Å². The van der Waals surface area contributed by atoms with E-state index in [1.54, 1.807) is 16.5 Å². The molecule has 3 heterocycles. The fourth-order valence-electron chi connectivity index (χ4n) is 4.23. The largest absolute Gasteiger partial charge is 0.364 e. The van der Waals surface area contributed by atoms with Crippen LogP contribution in [0.3, 0.4) is 0 Å². The van der Waals surface area contributed by atoms with Crippen molar-refractivity contribution in [2.75, 3.05) is 0 Å². The molecule has 0 saturated heterocycles. The van der Waals surface area contributed by atoms with Gasteiger partial charge in [-0.2, -0.15) is 0 Å². The van der Waals surface area contributed by atoms with E-state index in [0.717, 1.165) is 35.4 Å². The maximum absolute atomic E-state index is 13.5. The zero-order valence-corrected chi connectivity index (χ0v) is 15.8. The number of nitrogens with zero attached hydrogens (tertiary/aromatic N) is 4. The Kier molecular flexibility index (Phi) is 4.16. The van der Waals surface area contributed by atoms with E-state index < -0.39 is 5.91 Å². The summed E-state index contributed by atoms with van der Waals surface area (Å²) in [6.07, 6.45) is 9.82. The average molecular weight is 389 g/mol. The molecular formula is C22H20FN5O. The van der Waals surface area contributed by atoms with Gasteiger partial charge in [-0.3, -0.25) is 9.20 Å². The van der Waals surface area contributed by atoms with Gasteiger partial charge in [-0.1, -0.05) is 12.8 Å². The molecule has 0 unspecified atom stereocenters. The molecule has 1 aliphatic rings. The molecular weight excluding hydrogens is 369 g/mol. The second kappa shape index (κ2) is 6.84. The molecule has 1 saturated carbocycles. The lowest BCUT2D eigenvalue weighted by Crippen LogP contribution is -2.13. The third-order valence-electron chi connectivity index (χ3n) is 5.66. The van der Waals surface area contributed by atoms with Crippen LogP contribution in [0.15, 0.2) is 55.1 Å². The van der Waals surface area contributed by atoms with E-state index in [1.165, 1.54) is 31.2 Å². The third-order valence-corrected chi connectivity index (χ3v) is 5.66. The monoisotopic (exact) mass is 389 g/mol. The summed E-state index contributed by atoms with van der Waals surface area (Å²) in [5.74, 6) is -0.811. The lowest BCUT2D eigenvalue weighted by molar-refractivity contribution is 0.0995. The van der Waals surface area contributed by atoms with Gasteiger partial charge in [0.05, 0.1) is 23.9 Å². The van der Waals surface area contributed by atoms with Gasteiger partial charge in [-0.15, -0.1) is 0 Å². The zero-order valence-electron chi connectivity index (χ0n) is 15.8. The molecule has 1 fully saturated rings. The van der Waals surface area contributed by atoms with E-state index >= 15 is 0 Å². The standard InChI is InChI=1S/C22H20FN5O/c23-16-8-5-14(6-9-16)20-21(28(13-26-20)17-3-1-2-4-17)15-7-10-19-25-11-18(22(24)29)27(19)12-15/h5-13,17H,1-4H2,(H2,24,29). The molecule has 3 aromatic heterocycles. The first-order valence-electron chi connectivity index (χ1n) is 9.72. The molecule has 0 radical (unpaired) electrons. The number of imidazole rings is 2. The molecule has 0 bridgehead atoms. The Labute approximate surface area is 166 Å². The molecule has 2 N–H and O–H groups in total. The molecule has 29 heavy (non-hydrogen) atoms. The van der Waals surface area contributed by atoms with Gasteiger partial charge >= 0.3 is 0 Å². The maximum Gasteiger partial charge on any atom is 0.267 e. The summed E-state index contributed by atoms with van der Waals surface area (Å²) in [6, 6.07) is 10.6. The van der Waals surface area contributed by atoms with Gasteiger partial charge in [-0.05, 0) is 49.2 Å². The Morgan fingerprint density at radius 2 is 1.76 bits per heavy atom.